The number of nitrogens with zero attached hydrogens (tertiary/aromatic N) is 2. The second kappa shape index (κ2) is 10.6. The van der Waals surface area contributed by atoms with Gasteiger partial charge in [-0.05, 0) is 62.7 Å². The molecule has 0 aromatic heterocycles. The Hall–Kier alpha value is -2.12. The minimum atomic E-state index is -0.849. The molecule has 5 amide bonds. The smallest absolute Gasteiger partial charge is 0.325 e. The molecule has 3 rings (SSSR count). The van der Waals surface area contributed by atoms with E-state index in [9.17, 15) is 19.2 Å². The predicted molar refractivity (Wildman–Crippen MR) is 131 cm³/mol. The van der Waals surface area contributed by atoms with Crippen molar-refractivity contribution in [1.82, 2.24) is 20.4 Å². The van der Waals surface area contributed by atoms with Crippen LogP contribution in [0.5, 0.6) is 0 Å². The summed E-state index contributed by atoms with van der Waals surface area (Å²) >= 11 is 0. The molecule has 2 saturated heterocycles. The van der Waals surface area contributed by atoms with Crippen LogP contribution >= 0.6 is 0 Å². The van der Waals surface area contributed by atoms with Crippen molar-refractivity contribution < 1.29 is 19.2 Å². The summed E-state index contributed by atoms with van der Waals surface area (Å²) in [5.41, 5.74) is -0.625. The first-order valence-corrected chi connectivity index (χ1v) is 13.3. The second-order valence-electron chi connectivity index (χ2n) is 11.2. The number of hydrogen-bond donors (Lipinski definition) is 2. The highest BCUT2D eigenvalue weighted by Gasteiger charge is 2.53. The van der Waals surface area contributed by atoms with E-state index in [-0.39, 0.29) is 41.6 Å². The minimum Gasteiger partial charge on any atom is -0.352 e. The third-order valence-electron chi connectivity index (χ3n) is 8.91. The summed E-state index contributed by atoms with van der Waals surface area (Å²) in [6.07, 6.45) is 7.23. The Kier molecular flexibility index (Phi) is 8.30. The predicted octanol–water partition coefficient (Wildman–Crippen LogP) is 3.45. The number of amides is 5. The summed E-state index contributed by atoms with van der Waals surface area (Å²) in [5, 5.41) is 5.90. The molecule has 0 atom stereocenters. The van der Waals surface area contributed by atoms with E-state index in [4.69, 9.17) is 0 Å². The molecule has 192 valence electrons. The molecular formula is C26H44N4O4. The molecular weight excluding hydrogens is 432 g/mol. The maximum atomic E-state index is 13.2. The fraction of sp³-hybridized carbons (Fsp3) is 0.846. The van der Waals surface area contributed by atoms with Crippen molar-refractivity contribution in [2.24, 2.45) is 17.3 Å². The van der Waals surface area contributed by atoms with E-state index in [1.165, 1.54) is 0 Å². The third kappa shape index (κ3) is 5.41. The molecule has 1 spiro atoms. The fourth-order valence-corrected chi connectivity index (χ4v) is 5.90. The number of likely N-dealkylation sites (tertiary alicyclic amines) is 1. The zero-order chi connectivity index (χ0) is 25.1. The number of hydrogen-bond acceptors (Lipinski definition) is 4. The topological polar surface area (TPSA) is 98.8 Å². The first-order valence-electron chi connectivity index (χ1n) is 13.3. The Balaban J connectivity index is 1.49. The largest absolute Gasteiger partial charge is 0.352 e. The summed E-state index contributed by atoms with van der Waals surface area (Å²) in [6, 6.07) is -0.501. The number of urea groups is 1. The molecule has 1 aliphatic carbocycles. The highest BCUT2D eigenvalue weighted by Crippen LogP contribution is 2.45. The summed E-state index contributed by atoms with van der Waals surface area (Å²) in [4.78, 5) is 54.1. The van der Waals surface area contributed by atoms with Gasteiger partial charge in [0.25, 0.3) is 5.91 Å². The van der Waals surface area contributed by atoms with Crippen molar-refractivity contribution in [2.45, 2.75) is 104 Å². The van der Waals surface area contributed by atoms with Crippen LogP contribution in [0.1, 0.15) is 92.4 Å². The van der Waals surface area contributed by atoms with Crippen molar-refractivity contribution in [3.05, 3.63) is 0 Å². The van der Waals surface area contributed by atoms with Gasteiger partial charge in [0.15, 0.2) is 0 Å². The van der Waals surface area contributed by atoms with Gasteiger partial charge in [-0.3, -0.25) is 19.3 Å². The Bertz CT molecular complexity index is 776. The molecule has 1 saturated carbocycles. The van der Waals surface area contributed by atoms with Crippen LogP contribution in [0.15, 0.2) is 0 Å². The molecule has 8 nitrogen and oxygen atoms in total. The summed E-state index contributed by atoms with van der Waals surface area (Å²) < 4.78 is 0. The van der Waals surface area contributed by atoms with Crippen molar-refractivity contribution in [2.75, 3.05) is 19.6 Å². The molecule has 0 radical (unpaired) electrons. The van der Waals surface area contributed by atoms with E-state index in [1.807, 2.05) is 18.7 Å². The summed E-state index contributed by atoms with van der Waals surface area (Å²) in [6.45, 7) is 11.8. The molecule has 0 aromatic carbocycles. The molecule has 0 unspecified atom stereocenters. The van der Waals surface area contributed by atoms with Gasteiger partial charge in [-0.2, -0.15) is 0 Å². The van der Waals surface area contributed by atoms with Gasteiger partial charge in [-0.15, -0.1) is 0 Å². The quantitative estimate of drug-likeness (QED) is 0.524. The van der Waals surface area contributed by atoms with Crippen LogP contribution in [0, 0.1) is 17.3 Å². The normalized spacial score (nSPS) is 26.4. The molecule has 2 heterocycles. The monoisotopic (exact) mass is 476 g/mol. The zero-order valence-electron chi connectivity index (χ0n) is 21.7. The number of imide groups is 1. The lowest BCUT2D eigenvalue weighted by Gasteiger charge is -2.42. The maximum absolute atomic E-state index is 13.2. The van der Waals surface area contributed by atoms with Crippen LogP contribution in [0.3, 0.4) is 0 Å². The van der Waals surface area contributed by atoms with E-state index in [2.05, 4.69) is 31.4 Å². The molecule has 2 aliphatic heterocycles. The van der Waals surface area contributed by atoms with Crippen LogP contribution in [0.2, 0.25) is 0 Å². The number of carbonyl (C=O) groups excluding carboxylic acids is 4. The first kappa shape index (κ1) is 26.5. The van der Waals surface area contributed by atoms with Crippen LogP contribution < -0.4 is 10.6 Å². The second-order valence-corrected chi connectivity index (χ2v) is 11.2. The summed E-state index contributed by atoms with van der Waals surface area (Å²) in [7, 11) is 0. The Morgan fingerprint density at radius 1 is 1.06 bits per heavy atom. The van der Waals surface area contributed by atoms with Gasteiger partial charge in [0, 0.05) is 25.0 Å². The van der Waals surface area contributed by atoms with Gasteiger partial charge < -0.3 is 15.5 Å². The fourth-order valence-electron chi connectivity index (χ4n) is 5.90. The molecule has 0 aromatic rings. The molecule has 3 fully saturated rings. The Labute approximate surface area is 204 Å². The highest BCUT2D eigenvalue weighted by atomic mass is 16.2. The average Bonchev–Trinajstić information content (AvgIpc) is 3.04. The van der Waals surface area contributed by atoms with Crippen LogP contribution in [-0.4, -0.2) is 64.8 Å². The van der Waals surface area contributed by atoms with E-state index in [0.717, 1.165) is 37.0 Å². The number of piperidine rings is 1. The molecule has 8 heteroatoms. The third-order valence-corrected chi connectivity index (χ3v) is 8.91. The first-order chi connectivity index (χ1) is 16.1. The number of nitrogens with one attached hydrogen (secondary N) is 2. The average molecular weight is 477 g/mol. The maximum Gasteiger partial charge on any atom is 0.325 e. The van der Waals surface area contributed by atoms with Gasteiger partial charge in [0.2, 0.25) is 11.8 Å². The van der Waals surface area contributed by atoms with E-state index in [0.29, 0.717) is 44.7 Å². The van der Waals surface area contributed by atoms with Crippen molar-refractivity contribution in [1.29, 1.82) is 0 Å². The van der Waals surface area contributed by atoms with Crippen LogP contribution in [0.25, 0.3) is 0 Å². The van der Waals surface area contributed by atoms with Gasteiger partial charge in [0.05, 0.1) is 0 Å². The molecule has 34 heavy (non-hydrogen) atoms. The SMILES string of the molecule is CCC(CC)C(=O)N1CCC(NC(=O)CN2C(=O)NC3(CCC(C(C)(C)CC)CC3)C2=O)CC1. The van der Waals surface area contributed by atoms with Gasteiger partial charge >= 0.3 is 6.03 Å². The molecule has 3 aliphatic rings. The molecule has 2 N–H and O–H groups in total. The summed E-state index contributed by atoms with van der Waals surface area (Å²) in [5.74, 6) is 0.239. The van der Waals surface area contributed by atoms with Crippen LogP contribution in [-0.2, 0) is 14.4 Å². The lowest BCUT2D eigenvalue weighted by Crippen LogP contribution is -2.52. The van der Waals surface area contributed by atoms with Crippen molar-refractivity contribution in [3.8, 4) is 0 Å². The van der Waals surface area contributed by atoms with Crippen LogP contribution in [0.4, 0.5) is 4.79 Å². The lowest BCUT2D eigenvalue weighted by molar-refractivity contribution is -0.138. The van der Waals surface area contributed by atoms with Gasteiger partial charge in [-0.25, -0.2) is 4.79 Å². The highest BCUT2D eigenvalue weighted by molar-refractivity contribution is 6.09. The Morgan fingerprint density at radius 3 is 2.18 bits per heavy atom. The van der Waals surface area contributed by atoms with Gasteiger partial charge in [-0.1, -0.05) is 41.0 Å². The van der Waals surface area contributed by atoms with E-state index < -0.39 is 11.6 Å². The van der Waals surface area contributed by atoms with E-state index in [1.54, 1.807) is 0 Å². The van der Waals surface area contributed by atoms with Crippen molar-refractivity contribution in [3.63, 3.8) is 0 Å². The minimum absolute atomic E-state index is 0.0420. The molecule has 0 bridgehead atoms. The standard InChI is InChI=1S/C26H44N4O4/c1-6-18(7-2)22(32)29-15-11-20(12-16-29)27-21(31)17-30-23(33)26(28-24(30)34)13-9-19(10-14-26)25(4,5)8-3/h18-20H,6-17H2,1-5H3,(H,27,31)(H,28,34). The van der Waals surface area contributed by atoms with E-state index >= 15 is 0 Å². The van der Waals surface area contributed by atoms with Gasteiger partial charge in [0.1, 0.15) is 12.1 Å². The number of rotatable bonds is 8. The lowest BCUT2D eigenvalue weighted by atomic mass is 9.65. The van der Waals surface area contributed by atoms with Crippen molar-refractivity contribution >= 4 is 23.8 Å². The Morgan fingerprint density at radius 2 is 1.65 bits per heavy atom. The zero-order valence-corrected chi connectivity index (χ0v) is 21.7. The number of carbonyl (C=O) groups is 4.